The molecule has 6 heteroatoms. The van der Waals surface area contributed by atoms with E-state index in [2.05, 4.69) is 10.3 Å². The number of aromatic nitrogens is 1. The maximum atomic E-state index is 13.6. The number of nitrogens with zero attached hydrogens (tertiary/aromatic N) is 1. The quantitative estimate of drug-likeness (QED) is 0.775. The van der Waals surface area contributed by atoms with E-state index in [4.69, 9.17) is 27.9 Å². The van der Waals surface area contributed by atoms with Crippen LogP contribution < -0.4 is 10.1 Å². The monoisotopic (exact) mass is 328 g/mol. The Morgan fingerprint density at radius 2 is 2.10 bits per heavy atom. The summed E-state index contributed by atoms with van der Waals surface area (Å²) in [5, 5.41) is 3.63. The number of anilines is 1. The number of pyridine rings is 1. The summed E-state index contributed by atoms with van der Waals surface area (Å²) in [6.07, 6.45) is 1.65. The molecule has 0 aliphatic heterocycles. The third-order valence-corrected chi connectivity index (χ3v) is 3.55. The highest BCUT2D eigenvalue weighted by Crippen LogP contribution is 2.32. The van der Waals surface area contributed by atoms with Crippen LogP contribution >= 0.6 is 23.2 Å². The lowest BCUT2D eigenvalue weighted by Gasteiger charge is -2.19. The number of hydrogen-bond acceptors (Lipinski definition) is 3. The summed E-state index contributed by atoms with van der Waals surface area (Å²) in [6.45, 7) is 4.26. The molecule has 0 spiro atoms. The van der Waals surface area contributed by atoms with Gasteiger partial charge in [0, 0.05) is 11.2 Å². The van der Waals surface area contributed by atoms with Crippen molar-refractivity contribution < 1.29 is 9.13 Å². The molecule has 112 valence electrons. The third kappa shape index (κ3) is 3.77. The highest BCUT2D eigenvalue weighted by atomic mass is 35.5. The molecule has 0 aliphatic carbocycles. The smallest absolute Gasteiger partial charge is 0.237 e. The number of nitrogens with one attached hydrogen (secondary N) is 1. The molecule has 0 saturated heterocycles. The molecule has 2 rings (SSSR count). The van der Waals surface area contributed by atoms with Crippen LogP contribution in [0.25, 0.3) is 0 Å². The minimum Gasteiger partial charge on any atom is -0.476 e. The van der Waals surface area contributed by atoms with Crippen LogP contribution in [0, 0.1) is 5.82 Å². The molecule has 1 atom stereocenters. The van der Waals surface area contributed by atoms with Gasteiger partial charge in [0.05, 0.1) is 23.4 Å². The van der Waals surface area contributed by atoms with Crippen molar-refractivity contribution in [1.82, 2.24) is 4.98 Å². The number of ether oxygens (including phenoxy) is 1. The van der Waals surface area contributed by atoms with Gasteiger partial charge in [0.1, 0.15) is 5.82 Å². The normalized spacial score (nSPS) is 12.0. The maximum absolute atomic E-state index is 13.6. The fourth-order valence-electron chi connectivity index (χ4n) is 1.93. The molecule has 0 saturated carbocycles. The van der Waals surface area contributed by atoms with Crippen molar-refractivity contribution in [1.29, 1.82) is 0 Å². The Labute approximate surface area is 133 Å². The van der Waals surface area contributed by atoms with Gasteiger partial charge in [-0.3, -0.25) is 0 Å². The minimum absolute atomic E-state index is 0.00679. The third-order valence-electron chi connectivity index (χ3n) is 2.93. The Balaban J connectivity index is 2.26. The van der Waals surface area contributed by atoms with E-state index < -0.39 is 5.82 Å². The molecule has 1 N–H and O–H groups in total. The Bertz CT molecular complexity index is 637. The van der Waals surface area contributed by atoms with Crippen LogP contribution in [0.2, 0.25) is 10.0 Å². The Hall–Kier alpha value is -1.52. The summed E-state index contributed by atoms with van der Waals surface area (Å²) in [5.74, 6) is -0.00153. The number of hydrogen-bond donors (Lipinski definition) is 1. The fraction of sp³-hybridized carbons (Fsp3) is 0.267. The lowest BCUT2D eigenvalue weighted by molar-refractivity contribution is 0.328. The molecule has 3 nitrogen and oxygen atoms in total. The average molecular weight is 329 g/mol. The van der Waals surface area contributed by atoms with Crippen molar-refractivity contribution in [2.24, 2.45) is 0 Å². The highest BCUT2D eigenvalue weighted by molar-refractivity contribution is 6.35. The van der Waals surface area contributed by atoms with E-state index in [0.717, 1.165) is 5.69 Å². The van der Waals surface area contributed by atoms with Gasteiger partial charge in [0.2, 0.25) is 5.88 Å². The van der Waals surface area contributed by atoms with Crippen LogP contribution in [0.5, 0.6) is 5.88 Å². The van der Waals surface area contributed by atoms with Crippen LogP contribution in [0.4, 0.5) is 10.1 Å². The molecule has 0 aliphatic rings. The van der Waals surface area contributed by atoms with Gasteiger partial charge >= 0.3 is 0 Å². The van der Waals surface area contributed by atoms with Gasteiger partial charge in [0.25, 0.3) is 0 Å². The predicted octanol–water partition coefficient (Wildman–Crippen LogP) is 5.10. The van der Waals surface area contributed by atoms with Gasteiger partial charge in [-0.25, -0.2) is 9.37 Å². The molecular formula is C15H15Cl2FN2O. The number of halogens is 3. The lowest BCUT2D eigenvalue weighted by Crippen LogP contribution is -2.10. The Kier molecular flexibility index (Phi) is 5.26. The molecule has 1 aromatic carbocycles. The van der Waals surface area contributed by atoms with Gasteiger partial charge in [-0.2, -0.15) is 0 Å². The predicted molar refractivity (Wildman–Crippen MR) is 83.9 cm³/mol. The van der Waals surface area contributed by atoms with E-state index in [1.165, 1.54) is 12.1 Å². The van der Waals surface area contributed by atoms with Gasteiger partial charge < -0.3 is 10.1 Å². The Morgan fingerprint density at radius 3 is 2.81 bits per heavy atom. The van der Waals surface area contributed by atoms with Crippen LogP contribution in [-0.4, -0.2) is 11.6 Å². The molecule has 1 heterocycles. The topological polar surface area (TPSA) is 34.1 Å². The van der Waals surface area contributed by atoms with Crippen molar-refractivity contribution in [3.8, 4) is 5.88 Å². The van der Waals surface area contributed by atoms with Crippen molar-refractivity contribution in [3.63, 3.8) is 0 Å². The zero-order valence-corrected chi connectivity index (χ0v) is 13.2. The fourth-order valence-corrected chi connectivity index (χ4v) is 2.48. The van der Waals surface area contributed by atoms with Crippen LogP contribution in [0.3, 0.4) is 0 Å². The first-order valence-electron chi connectivity index (χ1n) is 6.51. The average Bonchev–Trinajstić information content (AvgIpc) is 2.45. The van der Waals surface area contributed by atoms with Gasteiger partial charge in [-0.15, -0.1) is 0 Å². The lowest BCUT2D eigenvalue weighted by atomic mass is 10.1. The SMILES string of the molecule is CCOc1ncccc1NC(C)c1cc(F)c(Cl)cc1Cl. The zero-order valence-electron chi connectivity index (χ0n) is 11.7. The maximum Gasteiger partial charge on any atom is 0.237 e. The first-order chi connectivity index (χ1) is 10.0. The minimum atomic E-state index is -0.499. The van der Waals surface area contributed by atoms with Crippen molar-refractivity contribution in [3.05, 3.63) is 51.9 Å². The van der Waals surface area contributed by atoms with Crippen molar-refractivity contribution in [2.75, 3.05) is 11.9 Å². The molecule has 0 fully saturated rings. The second-order valence-corrected chi connectivity index (χ2v) is 5.26. The highest BCUT2D eigenvalue weighted by Gasteiger charge is 2.15. The molecule has 0 radical (unpaired) electrons. The molecule has 1 unspecified atom stereocenters. The van der Waals surface area contributed by atoms with Crippen LogP contribution in [-0.2, 0) is 0 Å². The van der Waals surface area contributed by atoms with E-state index in [0.29, 0.717) is 23.1 Å². The molecule has 21 heavy (non-hydrogen) atoms. The summed E-state index contributed by atoms with van der Waals surface area (Å²) >= 11 is 11.8. The first kappa shape index (κ1) is 15.9. The molecule has 2 aromatic rings. The summed E-state index contributed by atoms with van der Waals surface area (Å²) in [6, 6.07) is 6.14. The van der Waals surface area contributed by atoms with E-state index >= 15 is 0 Å². The molecule has 0 amide bonds. The second kappa shape index (κ2) is 6.96. The van der Waals surface area contributed by atoms with E-state index in [-0.39, 0.29) is 11.1 Å². The first-order valence-corrected chi connectivity index (χ1v) is 7.27. The largest absolute Gasteiger partial charge is 0.476 e. The van der Waals surface area contributed by atoms with Gasteiger partial charge in [0.15, 0.2) is 0 Å². The van der Waals surface area contributed by atoms with Crippen molar-refractivity contribution >= 4 is 28.9 Å². The molecule has 1 aromatic heterocycles. The van der Waals surface area contributed by atoms with Gasteiger partial charge in [-0.1, -0.05) is 23.2 Å². The second-order valence-electron chi connectivity index (χ2n) is 4.44. The van der Waals surface area contributed by atoms with E-state index in [1.54, 1.807) is 12.3 Å². The van der Waals surface area contributed by atoms with E-state index in [9.17, 15) is 4.39 Å². The van der Waals surface area contributed by atoms with Crippen molar-refractivity contribution in [2.45, 2.75) is 19.9 Å². The number of rotatable bonds is 5. The van der Waals surface area contributed by atoms with Crippen LogP contribution in [0.15, 0.2) is 30.5 Å². The van der Waals surface area contributed by atoms with Gasteiger partial charge in [-0.05, 0) is 43.7 Å². The zero-order chi connectivity index (χ0) is 15.4. The summed E-state index contributed by atoms with van der Waals surface area (Å²) in [4.78, 5) is 4.16. The summed E-state index contributed by atoms with van der Waals surface area (Å²) in [7, 11) is 0. The standard InChI is InChI=1S/C15H15Cl2FN2O/c1-3-21-15-14(5-4-6-19-15)20-9(2)10-7-13(18)12(17)8-11(10)16/h4-9,20H,3H2,1-2H3. The molecular weight excluding hydrogens is 314 g/mol. The summed E-state index contributed by atoms with van der Waals surface area (Å²) in [5.41, 5.74) is 1.34. The van der Waals surface area contributed by atoms with E-state index in [1.807, 2.05) is 19.9 Å². The molecule has 0 bridgehead atoms. The summed E-state index contributed by atoms with van der Waals surface area (Å²) < 4.78 is 19.0. The number of benzene rings is 1. The van der Waals surface area contributed by atoms with Crippen LogP contribution in [0.1, 0.15) is 25.5 Å². The Morgan fingerprint density at radius 1 is 1.33 bits per heavy atom.